The minimum atomic E-state index is -0.0583. The Morgan fingerprint density at radius 3 is 2.75 bits per heavy atom. The third-order valence-electron chi connectivity index (χ3n) is 3.38. The van der Waals surface area contributed by atoms with E-state index in [1.54, 1.807) is 24.3 Å². The van der Waals surface area contributed by atoms with Gasteiger partial charge in [-0.3, -0.25) is 9.59 Å². The third-order valence-corrected chi connectivity index (χ3v) is 3.96. The van der Waals surface area contributed by atoms with Crippen LogP contribution in [-0.2, 0) is 4.79 Å². The highest BCUT2D eigenvalue weighted by atomic mass is 32.2. The van der Waals surface area contributed by atoms with Gasteiger partial charge in [-0.2, -0.15) is 0 Å². The highest BCUT2D eigenvalue weighted by Crippen LogP contribution is 2.21. The van der Waals surface area contributed by atoms with Crippen molar-refractivity contribution in [2.24, 2.45) is 5.92 Å². The van der Waals surface area contributed by atoms with Gasteiger partial charge in [0, 0.05) is 39.0 Å². The molecule has 2 heterocycles. The number of hydrogen-bond donors (Lipinski definition) is 1. The zero-order valence-corrected chi connectivity index (χ0v) is 12.4. The van der Waals surface area contributed by atoms with Crippen molar-refractivity contribution in [1.29, 1.82) is 0 Å². The highest BCUT2D eigenvalue weighted by Gasteiger charge is 2.28. The number of amides is 2. The molecule has 0 aromatic carbocycles. The maximum absolute atomic E-state index is 12.3. The number of likely N-dealkylation sites (tertiary alicyclic amines) is 1. The molecule has 6 nitrogen and oxygen atoms in total. The van der Waals surface area contributed by atoms with E-state index in [-0.39, 0.29) is 17.7 Å². The molecule has 0 bridgehead atoms. The van der Waals surface area contributed by atoms with Crippen molar-refractivity contribution in [3.05, 3.63) is 18.0 Å². The topological polar surface area (TPSA) is 75.2 Å². The van der Waals surface area contributed by atoms with Crippen LogP contribution in [0, 0.1) is 5.92 Å². The van der Waals surface area contributed by atoms with Gasteiger partial charge in [0.15, 0.2) is 5.16 Å². The molecule has 0 spiro atoms. The number of carbonyl (C=O) groups is 2. The Bertz CT molecular complexity index is 492. The van der Waals surface area contributed by atoms with E-state index in [1.165, 1.54) is 11.8 Å². The fourth-order valence-corrected chi connectivity index (χ4v) is 2.58. The lowest BCUT2D eigenvalue weighted by atomic mass is 10.0. The summed E-state index contributed by atoms with van der Waals surface area (Å²) in [6, 6.07) is 0. The lowest BCUT2D eigenvalue weighted by Gasteiger charge is -2.16. The molecule has 1 aromatic rings. The van der Waals surface area contributed by atoms with Crippen LogP contribution in [0.5, 0.6) is 0 Å². The molecule has 0 aliphatic carbocycles. The number of carbonyl (C=O) groups excluding carboxylic acids is 2. The van der Waals surface area contributed by atoms with E-state index in [9.17, 15) is 9.59 Å². The second kappa shape index (κ2) is 6.69. The molecule has 20 heavy (non-hydrogen) atoms. The quantitative estimate of drug-likeness (QED) is 0.656. The molecule has 1 aliphatic rings. The van der Waals surface area contributed by atoms with Crippen LogP contribution in [-0.4, -0.2) is 53.1 Å². The van der Waals surface area contributed by atoms with Crippen molar-refractivity contribution in [2.45, 2.75) is 18.0 Å². The highest BCUT2D eigenvalue weighted by molar-refractivity contribution is 7.98. The Labute approximate surface area is 122 Å². The van der Waals surface area contributed by atoms with Crippen LogP contribution in [0.1, 0.15) is 23.2 Å². The first-order valence-corrected chi connectivity index (χ1v) is 7.72. The Morgan fingerprint density at radius 1 is 1.45 bits per heavy atom. The van der Waals surface area contributed by atoms with E-state index in [2.05, 4.69) is 15.3 Å². The number of thioether (sulfide) groups is 1. The van der Waals surface area contributed by atoms with Gasteiger partial charge in [0.25, 0.3) is 5.91 Å². The molecule has 1 aliphatic heterocycles. The summed E-state index contributed by atoms with van der Waals surface area (Å²) in [5.74, 6) is 0.208. The summed E-state index contributed by atoms with van der Waals surface area (Å²) in [6.07, 6.45) is 6.35. The molecule has 108 valence electrons. The molecule has 1 N–H and O–H groups in total. The van der Waals surface area contributed by atoms with Crippen LogP contribution >= 0.6 is 11.8 Å². The SMILES string of the molecule is CNC(=O)C[C@H]1CCN(C(=O)c2cnc(SC)nc2)C1. The Balaban J connectivity index is 1.95. The molecule has 1 aromatic heterocycles. The standard InChI is InChI=1S/C13H18N4O2S/c1-14-11(18)5-9-3-4-17(8-9)12(19)10-6-15-13(20-2)16-7-10/h6-7,9H,3-5,8H2,1-2H3,(H,14,18)/t9-/m1/s1. The van der Waals surface area contributed by atoms with Gasteiger partial charge in [-0.1, -0.05) is 11.8 Å². The van der Waals surface area contributed by atoms with Crippen LogP contribution in [0.15, 0.2) is 17.6 Å². The molecular formula is C13H18N4O2S. The summed E-state index contributed by atoms with van der Waals surface area (Å²) in [5.41, 5.74) is 0.503. The fourth-order valence-electron chi connectivity index (χ4n) is 2.26. The van der Waals surface area contributed by atoms with Gasteiger partial charge < -0.3 is 10.2 Å². The van der Waals surface area contributed by atoms with E-state index in [4.69, 9.17) is 0 Å². The molecule has 2 amide bonds. The molecule has 1 atom stereocenters. The molecule has 1 saturated heterocycles. The van der Waals surface area contributed by atoms with Crippen LogP contribution in [0.3, 0.4) is 0 Å². The Hall–Kier alpha value is -1.63. The predicted octanol–water partition coefficient (Wildman–Crippen LogP) is 0.797. The molecule has 0 saturated carbocycles. The number of aromatic nitrogens is 2. The largest absolute Gasteiger partial charge is 0.359 e. The smallest absolute Gasteiger partial charge is 0.257 e. The summed E-state index contributed by atoms with van der Waals surface area (Å²) in [5, 5.41) is 3.27. The van der Waals surface area contributed by atoms with Crippen molar-refractivity contribution in [3.63, 3.8) is 0 Å². The molecule has 2 rings (SSSR count). The third kappa shape index (κ3) is 3.47. The first-order chi connectivity index (χ1) is 9.63. The van der Waals surface area contributed by atoms with Crippen LogP contribution in [0.2, 0.25) is 0 Å². The maximum atomic E-state index is 12.3. The zero-order chi connectivity index (χ0) is 14.5. The van der Waals surface area contributed by atoms with Gasteiger partial charge in [-0.25, -0.2) is 9.97 Å². The number of rotatable bonds is 4. The lowest BCUT2D eigenvalue weighted by Crippen LogP contribution is -2.30. The number of nitrogens with zero attached hydrogens (tertiary/aromatic N) is 3. The van der Waals surface area contributed by atoms with E-state index in [1.807, 2.05) is 6.26 Å². The van der Waals surface area contributed by atoms with Crippen molar-refractivity contribution < 1.29 is 9.59 Å². The second-order valence-electron chi connectivity index (χ2n) is 4.74. The van der Waals surface area contributed by atoms with E-state index in [0.717, 1.165) is 6.42 Å². The van der Waals surface area contributed by atoms with Crippen molar-refractivity contribution in [3.8, 4) is 0 Å². The summed E-state index contributed by atoms with van der Waals surface area (Å²) < 4.78 is 0. The zero-order valence-electron chi connectivity index (χ0n) is 11.6. The minimum absolute atomic E-state index is 0.0250. The first kappa shape index (κ1) is 14.8. The normalized spacial score (nSPS) is 18.1. The maximum Gasteiger partial charge on any atom is 0.257 e. The van der Waals surface area contributed by atoms with Gasteiger partial charge in [-0.15, -0.1) is 0 Å². The summed E-state index contributed by atoms with van der Waals surface area (Å²) in [4.78, 5) is 33.6. The summed E-state index contributed by atoms with van der Waals surface area (Å²) in [6.45, 7) is 1.31. The molecule has 0 unspecified atom stereocenters. The average Bonchev–Trinajstić information content (AvgIpc) is 2.95. The number of nitrogens with one attached hydrogen (secondary N) is 1. The average molecular weight is 294 g/mol. The van der Waals surface area contributed by atoms with E-state index in [0.29, 0.717) is 30.2 Å². The number of hydrogen-bond acceptors (Lipinski definition) is 5. The van der Waals surface area contributed by atoms with Crippen LogP contribution < -0.4 is 5.32 Å². The van der Waals surface area contributed by atoms with Crippen LogP contribution in [0.4, 0.5) is 0 Å². The second-order valence-corrected chi connectivity index (χ2v) is 5.52. The van der Waals surface area contributed by atoms with Gasteiger partial charge >= 0.3 is 0 Å². The van der Waals surface area contributed by atoms with Gasteiger partial charge in [0.05, 0.1) is 5.56 Å². The van der Waals surface area contributed by atoms with Crippen molar-refractivity contribution >= 4 is 23.6 Å². The molecule has 1 fully saturated rings. The Kier molecular flexibility index (Phi) is 4.94. The molecule has 7 heteroatoms. The Morgan fingerprint density at radius 2 is 2.15 bits per heavy atom. The van der Waals surface area contributed by atoms with Crippen LogP contribution in [0.25, 0.3) is 0 Å². The summed E-state index contributed by atoms with van der Waals surface area (Å²) >= 11 is 1.44. The summed E-state index contributed by atoms with van der Waals surface area (Å²) in [7, 11) is 1.63. The van der Waals surface area contributed by atoms with Crippen molar-refractivity contribution in [2.75, 3.05) is 26.4 Å². The predicted molar refractivity (Wildman–Crippen MR) is 76.5 cm³/mol. The lowest BCUT2D eigenvalue weighted by molar-refractivity contribution is -0.121. The monoisotopic (exact) mass is 294 g/mol. The molecule has 0 radical (unpaired) electrons. The first-order valence-electron chi connectivity index (χ1n) is 6.50. The fraction of sp³-hybridized carbons (Fsp3) is 0.538. The van der Waals surface area contributed by atoms with E-state index >= 15 is 0 Å². The van der Waals surface area contributed by atoms with E-state index < -0.39 is 0 Å². The van der Waals surface area contributed by atoms with Gasteiger partial charge in [0.2, 0.25) is 5.91 Å². The minimum Gasteiger partial charge on any atom is -0.359 e. The van der Waals surface area contributed by atoms with Gasteiger partial charge in [0.1, 0.15) is 0 Å². The molecular weight excluding hydrogens is 276 g/mol. The van der Waals surface area contributed by atoms with Crippen molar-refractivity contribution in [1.82, 2.24) is 20.2 Å². The van der Waals surface area contributed by atoms with Gasteiger partial charge in [-0.05, 0) is 18.6 Å².